The van der Waals surface area contributed by atoms with Crippen molar-refractivity contribution in [1.29, 1.82) is 0 Å². The van der Waals surface area contributed by atoms with Gasteiger partial charge in [0.05, 0.1) is 23.3 Å². The molecule has 7 rings (SSSR count). The van der Waals surface area contributed by atoms with Crippen LogP contribution in [0.4, 0.5) is 5.69 Å². The molecule has 0 spiro atoms. The number of carbonyl (C=O) groups excluding carboxylic acids is 3. The SMILES string of the molecule is CC(=O)OC1C(O)C[C@H](C)CC(C)/C=C/C=C(/C)C(=O)Nc2c(O)c3c(=O)c(C)c4c(c3c3nc5ccc(OCCNC(C)C)cc5oc23)C(=O)[C@@](C)(O/C=C/C[C@H]1C)O4. The molecule has 3 aromatic carbocycles. The Morgan fingerprint density at radius 1 is 1.12 bits per heavy atom. The first-order valence-corrected chi connectivity index (χ1v) is 20.4. The number of Topliss-reactive ketones (excluding diaryl/α,β-unsaturated/α-hetero) is 1. The molecule has 4 aromatic rings. The number of fused-ring (bicyclic) bond motifs is 14. The molecule has 0 saturated carbocycles. The third kappa shape index (κ3) is 9.04. The van der Waals surface area contributed by atoms with E-state index in [1.807, 2.05) is 40.7 Å². The number of hydrogen-bond donors (Lipinski definition) is 4. The minimum atomic E-state index is -1.95. The summed E-state index contributed by atoms with van der Waals surface area (Å²) in [4.78, 5) is 59.6. The third-order valence-electron chi connectivity index (χ3n) is 11.0. The first kappa shape index (κ1) is 43.8. The maximum absolute atomic E-state index is 14.5. The number of amides is 1. The Labute approximate surface area is 348 Å². The summed E-state index contributed by atoms with van der Waals surface area (Å²) in [7, 11) is 0. The molecular weight excluding hydrogens is 771 g/mol. The van der Waals surface area contributed by atoms with E-state index < -0.39 is 46.8 Å². The second-order valence-corrected chi connectivity index (χ2v) is 16.6. The average Bonchev–Trinajstić information content (AvgIpc) is 3.45. The molecule has 1 aromatic heterocycles. The maximum atomic E-state index is 14.5. The van der Waals surface area contributed by atoms with Crippen LogP contribution in [0.25, 0.3) is 33.0 Å². The first-order valence-electron chi connectivity index (χ1n) is 20.4. The lowest BCUT2D eigenvalue weighted by atomic mass is 9.87. The molecule has 0 fully saturated rings. The lowest BCUT2D eigenvalue weighted by molar-refractivity contribution is -0.157. The van der Waals surface area contributed by atoms with E-state index in [2.05, 4.69) is 10.6 Å². The van der Waals surface area contributed by atoms with E-state index in [0.29, 0.717) is 43.7 Å². The number of aromatic nitrogens is 1. The molecule has 3 aliphatic rings. The molecule has 14 nitrogen and oxygen atoms in total. The topological polar surface area (TPSA) is 196 Å². The fourth-order valence-electron chi connectivity index (χ4n) is 7.86. The van der Waals surface area contributed by atoms with E-state index in [4.69, 9.17) is 28.3 Å². The number of allylic oxidation sites excluding steroid dienone is 4. The van der Waals surface area contributed by atoms with E-state index in [1.54, 1.807) is 43.4 Å². The van der Waals surface area contributed by atoms with Gasteiger partial charge in [0, 0.05) is 49.0 Å². The summed E-state index contributed by atoms with van der Waals surface area (Å²) in [6.45, 7) is 16.7. The number of phenolic OH excluding ortho intramolecular Hbond substituents is 1. The molecule has 3 unspecified atom stereocenters. The van der Waals surface area contributed by atoms with Crippen molar-refractivity contribution in [2.75, 3.05) is 18.5 Å². The molecule has 1 amide bonds. The van der Waals surface area contributed by atoms with E-state index in [9.17, 15) is 29.4 Å². The number of phenols is 1. The number of aliphatic hydroxyl groups excluding tert-OH is 1. The molecule has 60 heavy (non-hydrogen) atoms. The first-order chi connectivity index (χ1) is 28.4. The Hall–Kier alpha value is -5.73. The van der Waals surface area contributed by atoms with Gasteiger partial charge in [0.15, 0.2) is 22.3 Å². The molecule has 320 valence electrons. The van der Waals surface area contributed by atoms with E-state index >= 15 is 0 Å². The van der Waals surface area contributed by atoms with Gasteiger partial charge in [-0.2, -0.15) is 0 Å². The normalized spacial score (nSPS) is 26.1. The number of hydrogen-bond acceptors (Lipinski definition) is 13. The average molecular weight is 826 g/mol. The van der Waals surface area contributed by atoms with E-state index in [-0.39, 0.29) is 79.4 Å². The highest BCUT2D eigenvalue weighted by molar-refractivity contribution is 6.26. The summed E-state index contributed by atoms with van der Waals surface area (Å²) in [5.41, 5.74) is -0.0791. The van der Waals surface area contributed by atoms with Crippen molar-refractivity contribution in [3.05, 3.63) is 75.7 Å². The number of ether oxygens (including phenoxy) is 4. The van der Waals surface area contributed by atoms with Crippen LogP contribution in [0, 0.1) is 24.7 Å². The third-order valence-corrected chi connectivity index (χ3v) is 11.0. The van der Waals surface area contributed by atoms with Crippen LogP contribution >= 0.6 is 0 Å². The summed E-state index contributed by atoms with van der Waals surface area (Å²) >= 11 is 0. The number of rotatable bonds is 6. The number of nitrogens with one attached hydrogen (secondary N) is 2. The van der Waals surface area contributed by atoms with Gasteiger partial charge >= 0.3 is 11.8 Å². The van der Waals surface area contributed by atoms with Crippen molar-refractivity contribution >= 4 is 56.3 Å². The van der Waals surface area contributed by atoms with Gasteiger partial charge in [0.25, 0.3) is 11.7 Å². The van der Waals surface area contributed by atoms with Gasteiger partial charge in [0.1, 0.15) is 40.9 Å². The van der Waals surface area contributed by atoms with Gasteiger partial charge in [-0.05, 0) is 69.1 Å². The van der Waals surface area contributed by atoms with E-state index in [0.717, 1.165) is 0 Å². The zero-order valence-corrected chi connectivity index (χ0v) is 35.6. The molecule has 4 N–H and O–H groups in total. The van der Waals surface area contributed by atoms with Crippen LogP contribution in [0.2, 0.25) is 0 Å². The number of carbonyl (C=O) groups is 3. The highest BCUT2D eigenvalue weighted by Gasteiger charge is 2.49. The van der Waals surface area contributed by atoms with E-state index in [1.165, 1.54) is 27.0 Å². The standard InChI is InChI=1S/C46H55N3O11/c1-23(2)47-17-19-56-30-15-16-31-33(22-30)59-43-37(48-31)34-35-39(52)28(7)42-36(34)44(54)46(9,60-42)57-18-11-14-26(5)41(58-29(8)50)32(51)21-25(4)20-24(3)12-10-13-27(6)45(55)49-38(43)40(35)53/h10-13,15-16,18,22-26,32,41,47,51,53H,14,17,19-21H2,1-9H3,(H,49,55)/b12-10+,18-11+,27-13-/t24?,25-,26-,32?,41?,46+/m1/s1. The van der Waals surface area contributed by atoms with Gasteiger partial charge < -0.3 is 44.2 Å². The van der Waals surface area contributed by atoms with Crippen LogP contribution in [-0.2, 0) is 19.1 Å². The fourth-order valence-corrected chi connectivity index (χ4v) is 7.86. The number of esters is 1. The zero-order chi connectivity index (χ0) is 43.6. The van der Waals surface area contributed by atoms with Crippen LogP contribution in [-0.4, -0.2) is 70.0 Å². The summed E-state index contributed by atoms with van der Waals surface area (Å²) in [6.07, 6.45) is 7.93. The molecule has 6 atom stereocenters. The van der Waals surface area contributed by atoms with Gasteiger partial charge in [-0.1, -0.05) is 52.8 Å². The lowest BCUT2D eigenvalue weighted by Gasteiger charge is -2.29. The molecule has 5 bridgehead atoms. The summed E-state index contributed by atoms with van der Waals surface area (Å²) in [5, 5.41) is 29.0. The number of aromatic hydroxyl groups is 1. The number of aliphatic hydroxyl groups is 1. The highest BCUT2D eigenvalue weighted by atomic mass is 16.7. The Bertz CT molecular complexity index is 2490. The molecule has 14 heteroatoms. The van der Waals surface area contributed by atoms with Crippen LogP contribution < -0.4 is 25.5 Å². The number of nitrogens with zero attached hydrogens (tertiary/aromatic N) is 1. The number of benzene rings is 3. The van der Waals surface area contributed by atoms with Gasteiger partial charge in [-0.15, -0.1) is 0 Å². The Morgan fingerprint density at radius 2 is 1.87 bits per heavy atom. The van der Waals surface area contributed by atoms with Crippen LogP contribution in [0.3, 0.4) is 0 Å². The Balaban J connectivity index is 1.53. The van der Waals surface area contributed by atoms with Crippen molar-refractivity contribution < 1.29 is 48.0 Å². The maximum Gasteiger partial charge on any atom is 0.312 e. The van der Waals surface area contributed by atoms with Gasteiger partial charge in [-0.3, -0.25) is 19.2 Å². The Kier molecular flexibility index (Phi) is 13.0. The second kappa shape index (κ2) is 17.9. The van der Waals surface area contributed by atoms with Crippen molar-refractivity contribution in [1.82, 2.24) is 10.3 Å². The van der Waals surface area contributed by atoms with Crippen molar-refractivity contribution in [2.24, 2.45) is 17.8 Å². The van der Waals surface area contributed by atoms with Crippen LogP contribution in [0.5, 0.6) is 17.2 Å². The molecule has 0 saturated heterocycles. The molecule has 3 aliphatic heterocycles. The smallest absolute Gasteiger partial charge is 0.312 e. The Morgan fingerprint density at radius 3 is 2.58 bits per heavy atom. The minimum absolute atomic E-state index is 0.0216. The zero-order valence-electron chi connectivity index (χ0n) is 35.6. The molecule has 0 radical (unpaired) electrons. The molecular formula is C46H55N3O11. The predicted octanol–water partition coefficient (Wildman–Crippen LogP) is 7.53. The van der Waals surface area contributed by atoms with Gasteiger partial charge in [0.2, 0.25) is 0 Å². The van der Waals surface area contributed by atoms with Crippen LogP contribution in [0.15, 0.2) is 63.6 Å². The second-order valence-electron chi connectivity index (χ2n) is 16.6. The monoisotopic (exact) mass is 825 g/mol. The summed E-state index contributed by atoms with van der Waals surface area (Å²) < 4.78 is 30.2. The van der Waals surface area contributed by atoms with Gasteiger partial charge in [-0.25, -0.2) is 4.98 Å². The highest BCUT2D eigenvalue weighted by Crippen LogP contribution is 2.48. The lowest BCUT2D eigenvalue weighted by Crippen LogP contribution is -2.38. The fraction of sp³-hybridized carbons (Fsp3) is 0.457. The quantitative estimate of drug-likeness (QED) is 0.0490. The van der Waals surface area contributed by atoms with Crippen molar-refractivity contribution in [3.63, 3.8) is 0 Å². The number of anilines is 1. The largest absolute Gasteiger partial charge is 0.505 e. The predicted molar refractivity (Wildman–Crippen MR) is 228 cm³/mol. The summed E-state index contributed by atoms with van der Waals surface area (Å²) in [5.74, 6) is -4.11. The summed E-state index contributed by atoms with van der Waals surface area (Å²) in [6, 6.07) is 5.32. The molecule has 4 heterocycles. The van der Waals surface area contributed by atoms with Crippen molar-refractivity contribution in [2.45, 2.75) is 106 Å². The minimum Gasteiger partial charge on any atom is -0.505 e. The van der Waals surface area contributed by atoms with Crippen LogP contribution in [0.1, 0.15) is 90.6 Å². The number of ketones is 1. The molecule has 0 aliphatic carbocycles. The van der Waals surface area contributed by atoms with Crippen molar-refractivity contribution in [3.8, 4) is 17.2 Å².